The van der Waals surface area contributed by atoms with Crippen molar-refractivity contribution in [2.24, 2.45) is 0 Å². The standard InChI is InChI=1S/C15H18N2OS/c1-8-6-9(2)13(12(7-8)18-5)14-10(3)15(19)17-11(4)16-14/h6-7H,1-5H3,(H,16,17,19). The number of hydrogen-bond donors (Lipinski definition) is 1. The van der Waals surface area contributed by atoms with Crippen LogP contribution in [0.15, 0.2) is 12.1 Å². The molecule has 1 heterocycles. The molecule has 0 amide bonds. The minimum Gasteiger partial charge on any atom is -0.496 e. The summed E-state index contributed by atoms with van der Waals surface area (Å²) >= 11 is 5.30. The van der Waals surface area contributed by atoms with E-state index in [-0.39, 0.29) is 0 Å². The third kappa shape index (κ3) is 2.54. The van der Waals surface area contributed by atoms with Crippen LogP contribution in [-0.2, 0) is 0 Å². The first-order valence-corrected chi connectivity index (χ1v) is 6.58. The first-order chi connectivity index (χ1) is 8.93. The maximum Gasteiger partial charge on any atom is 0.133 e. The Morgan fingerprint density at radius 1 is 1.16 bits per heavy atom. The number of benzene rings is 1. The maximum atomic E-state index is 5.52. The molecule has 2 aromatic rings. The van der Waals surface area contributed by atoms with Crippen LogP contribution in [0.3, 0.4) is 0 Å². The molecule has 0 saturated heterocycles. The molecule has 0 atom stereocenters. The minimum absolute atomic E-state index is 0.633. The Labute approximate surface area is 118 Å². The lowest BCUT2D eigenvalue weighted by molar-refractivity contribution is 0.415. The quantitative estimate of drug-likeness (QED) is 0.840. The minimum atomic E-state index is 0.633. The van der Waals surface area contributed by atoms with Crippen LogP contribution in [0.5, 0.6) is 5.75 Å². The number of H-pyrrole nitrogens is 1. The van der Waals surface area contributed by atoms with E-state index in [1.54, 1.807) is 7.11 Å². The van der Waals surface area contributed by atoms with Gasteiger partial charge in [0.05, 0.1) is 12.8 Å². The SMILES string of the molecule is COc1cc(C)cc(C)c1-c1[nH]c(C)nc(=S)c1C. The maximum absolute atomic E-state index is 5.52. The summed E-state index contributed by atoms with van der Waals surface area (Å²) in [7, 11) is 1.69. The zero-order valence-electron chi connectivity index (χ0n) is 11.9. The molecule has 0 aliphatic carbocycles. The van der Waals surface area contributed by atoms with Crippen LogP contribution in [0.4, 0.5) is 0 Å². The van der Waals surface area contributed by atoms with Crippen LogP contribution < -0.4 is 4.74 Å². The number of nitrogens with zero attached hydrogens (tertiary/aromatic N) is 1. The van der Waals surface area contributed by atoms with E-state index in [1.807, 2.05) is 19.9 Å². The molecular weight excluding hydrogens is 256 g/mol. The average Bonchev–Trinajstić information content (AvgIpc) is 2.33. The van der Waals surface area contributed by atoms with E-state index in [1.165, 1.54) is 5.56 Å². The van der Waals surface area contributed by atoms with Gasteiger partial charge >= 0.3 is 0 Å². The van der Waals surface area contributed by atoms with Gasteiger partial charge in [0.15, 0.2) is 0 Å². The van der Waals surface area contributed by atoms with E-state index in [4.69, 9.17) is 17.0 Å². The highest BCUT2D eigenvalue weighted by molar-refractivity contribution is 7.71. The summed E-state index contributed by atoms with van der Waals surface area (Å²) in [6.07, 6.45) is 0. The fourth-order valence-corrected chi connectivity index (χ4v) is 2.54. The van der Waals surface area contributed by atoms with Gasteiger partial charge in [-0.3, -0.25) is 0 Å². The number of rotatable bonds is 2. The number of methoxy groups -OCH3 is 1. The zero-order valence-corrected chi connectivity index (χ0v) is 12.7. The van der Waals surface area contributed by atoms with E-state index in [0.717, 1.165) is 34.0 Å². The fraction of sp³-hybridized carbons (Fsp3) is 0.333. The van der Waals surface area contributed by atoms with E-state index in [0.29, 0.717) is 4.64 Å². The lowest BCUT2D eigenvalue weighted by Gasteiger charge is -2.15. The Hall–Kier alpha value is -1.68. The van der Waals surface area contributed by atoms with Gasteiger partial charge in [-0.15, -0.1) is 0 Å². The van der Waals surface area contributed by atoms with Gasteiger partial charge in [0.25, 0.3) is 0 Å². The summed E-state index contributed by atoms with van der Waals surface area (Å²) in [5.74, 6) is 1.67. The fourth-order valence-electron chi connectivity index (χ4n) is 2.31. The van der Waals surface area contributed by atoms with Crippen molar-refractivity contribution in [3.05, 3.63) is 39.3 Å². The molecule has 0 radical (unpaired) electrons. The summed E-state index contributed by atoms with van der Waals surface area (Å²) in [4.78, 5) is 7.59. The van der Waals surface area contributed by atoms with Gasteiger partial charge in [-0.2, -0.15) is 0 Å². The van der Waals surface area contributed by atoms with E-state index < -0.39 is 0 Å². The number of ether oxygens (including phenoxy) is 1. The number of hydrogen-bond acceptors (Lipinski definition) is 3. The number of aromatic nitrogens is 2. The van der Waals surface area contributed by atoms with Crippen molar-refractivity contribution in [3.63, 3.8) is 0 Å². The van der Waals surface area contributed by atoms with Crippen molar-refractivity contribution in [3.8, 4) is 17.0 Å². The molecule has 0 fully saturated rings. The molecular formula is C15H18N2OS. The molecule has 0 aliphatic rings. The highest BCUT2D eigenvalue weighted by Gasteiger charge is 2.14. The summed E-state index contributed by atoms with van der Waals surface area (Å²) in [6.45, 7) is 8.04. The lowest BCUT2D eigenvalue weighted by Crippen LogP contribution is -2.00. The van der Waals surface area contributed by atoms with Gasteiger partial charge < -0.3 is 9.72 Å². The molecule has 0 unspecified atom stereocenters. The van der Waals surface area contributed by atoms with Crippen LogP contribution in [0, 0.1) is 32.3 Å². The monoisotopic (exact) mass is 274 g/mol. The summed E-state index contributed by atoms with van der Waals surface area (Å²) in [6, 6.07) is 4.18. The van der Waals surface area contributed by atoms with Gasteiger partial charge in [0.2, 0.25) is 0 Å². The molecule has 0 spiro atoms. The van der Waals surface area contributed by atoms with Gasteiger partial charge in [-0.1, -0.05) is 18.3 Å². The molecule has 1 N–H and O–H groups in total. The molecule has 0 aliphatic heterocycles. The van der Waals surface area contributed by atoms with Crippen LogP contribution >= 0.6 is 12.2 Å². The summed E-state index contributed by atoms with van der Waals surface area (Å²) in [5.41, 5.74) is 5.37. The molecule has 2 rings (SSSR count). The molecule has 3 nitrogen and oxygen atoms in total. The molecule has 100 valence electrons. The second-order valence-electron chi connectivity index (χ2n) is 4.79. The zero-order chi connectivity index (χ0) is 14.2. The van der Waals surface area contributed by atoms with Crippen molar-refractivity contribution in [1.82, 2.24) is 9.97 Å². The van der Waals surface area contributed by atoms with Gasteiger partial charge in [0.1, 0.15) is 16.2 Å². The van der Waals surface area contributed by atoms with Crippen molar-refractivity contribution in [1.29, 1.82) is 0 Å². The molecule has 4 heteroatoms. The highest BCUT2D eigenvalue weighted by Crippen LogP contribution is 2.35. The predicted molar refractivity (Wildman–Crippen MR) is 80.4 cm³/mol. The van der Waals surface area contributed by atoms with Gasteiger partial charge in [-0.25, -0.2) is 4.98 Å². The second-order valence-corrected chi connectivity index (χ2v) is 5.17. The number of aryl methyl sites for hydroxylation is 3. The van der Waals surface area contributed by atoms with Gasteiger partial charge in [-0.05, 0) is 44.9 Å². The number of aromatic amines is 1. The predicted octanol–water partition coefficient (Wildman–Crippen LogP) is 4.05. The Morgan fingerprint density at radius 2 is 1.84 bits per heavy atom. The number of nitrogens with one attached hydrogen (secondary N) is 1. The molecule has 0 bridgehead atoms. The Morgan fingerprint density at radius 3 is 2.47 bits per heavy atom. The van der Waals surface area contributed by atoms with Crippen LogP contribution in [0.2, 0.25) is 0 Å². The van der Waals surface area contributed by atoms with Crippen molar-refractivity contribution in [2.75, 3.05) is 7.11 Å². The summed E-state index contributed by atoms with van der Waals surface area (Å²) in [5, 5.41) is 0. The first-order valence-electron chi connectivity index (χ1n) is 6.17. The average molecular weight is 274 g/mol. The highest BCUT2D eigenvalue weighted by atomic mass is 32.1. The topological polar surface area (TPSA) is 37.9 Å². The second kappa shape index (κ2) is 5.13. The smallest absolute Gasteiger partial charge is 0.133 e. The van der Waals surface area contributed by atoms with Gasteiger partial charge in [0, 0.05) is 11.1 Å². The molecule has 1 aromatic carbocycles. The van der Waals surface area contributed by atoms with Crippen LogP contribution in [-0.4, -0.2) is 17.1 Å². The third-order valence-corrected chi connectivity index (χ3v) is 3.58. The Balaban J connectivity index is 2.82. The van der Waals surface area contributed by atoms with Crippen LogP contribution in [0.1, 0.15) is 22.5 Å². The van der Waals surface area contributed by atoms with Crippen molar-refractivity contribution >= 4 is 12.2 Å². The summed E-state index contributed by atoms with van der Waals surface area (Å²) < 4.78 is 6.15. The normalized spacial score (nSPS) is 10.6. The van der Waals surface area contributed by atoms with Crippen molar-refractivity contribution in [2.45, 2.75) is 27.7 Å². The first kappa shape index (κ1) is 13.7. The van der Waals surface area contributed by atoms with E-state index in [2.05, 4.69) is 29.9 Å². The Bertz CT molecular complexity index is 689. The largest absolute Gasteiger partial charge is 0.496 e. The molecule has 0 saturated carbocycles. The van der Waals surface area contributed by atoms with Crippen LogP contribution in [0.25, 0.3) is 11.3 Å². The van der Waals surface area contributed by atoms with Crippen molar-refractivity contribution < 1.29 is 4.74 Å². The molecule has 19 heavy (non-hydrogen) atoms. The molecule has 1 aromatic heterocycles. The van der Waals surface area contributed by atoms with E-state index in [9.17, 15) is 0 Å². The van der Waals surface area contributed by atoms with E-state index >= 15 is 0 Å². The Kier molecular flexibility index (Phi) is 3.71. The third-order valence-electron chi connectivity index (χ3n) is 3.18. The lowest BCUT2D eigenvalue weighted by atomic mass is 9.99.